The molecule has 1 aliphatic heterocycles. The first-order valence-electron chi connectivity index (χ1n) is 10.2. The molecular formula is C23H29N3O2. The topological polar surface area (TPSA) is 46.5 Å². The molecule has 4 rings (SSSR count). The van der Waals surface area contributed by atoms with Gasteiger partial charge in [-0.3, -0.25) is 9.69 Å². The summed E-state index contributed by atoms with van der Waals surface area (Å²) >= 11 is 0. The Bertz CT molecular complexity index is 1000. The van der Waals surface area contributed by atoms with Gasteiger partial charge in [0.1, 0.15) is 0 Å². The van der Waals surface area contributed by atoms with Crippen molar-refractivity contribution in [3.8, 4) is 0 Å². The van der Waals surface area contributed by atoms with Crippen molar-refractivity contribution in [2.75, 3.05) is 18.4 Å². The zero-order chi connectivity index (χ0) is 19.8. The summed E-state index contributed by atoms with van der Waals surface area (Å²) in [7, 11) is 0. The van der Waals surface area contributed by atoms with E-state index >= 15 is 0 Å². The van der Waals surface area contributed by atoms with Gasteiger partial charge in [0.15, 0.2) is 0 Å². The summed E-state index contributed by atoms with van der Waals surface area (Å²) in [6.45, 7) is 10.7. The molecule has 5 nitrogen and oxygen atoms in total. The van der Waals surface area contributed by atoms with Crippen LogP contribution in [-0.2, 0) is 16.1 Å². The molecule has 1 saturated heterocycles. The molecule has 0 spiro atoms. The highest BCUT2D eigenvalue weighted by molar-refractivity contribution is 6.10. The molecule has 2 aromatic carbocycles. The van der Waals surface area contributed by atoms with Crippen LogP contribution in [-0.4, -0.2) is 46.7 Å². The fourth-order valence-electron chi connectivity index (χ4n) is 4.42. The smallest absolute Gasteiger partial charge is 0.241 e. The zero-order valence-corrected chi connectivity index (χ0v) is 17.1. The fraction of sp³-hybridized carbons (Fsp3) is 0.435. The van der Waals surface area contributed by atoms with E-state index in [1.807, 2.05) is 13.0 Å². The summed E-state index contributed by atoms with van der Waals surface area (Å²) in [5, 5.41) is 5.52. The van der Waals surface area contributed by atoms with Gasteiger partial charge in [0.25, 0.3) is 0 Å². The number of aryl methyl sites for hydroxylation is 1. The number of fused-ring (bicyclic) bond motifs is 3. The Kier molecular flexibility index (Phi) is 5.13. The number of ether oxygens (including phenoxy) is 1. The summed E-state index contributed by atoms with van der Waals surface area (Å²) in [5.41, 5.74) is 3.27. The van der Waals surface area contributed by atoms with Crippen molar-refractivity contribution in [2.45, 2.75) is 52.5 Å². The van der Waals surface area contributed by atoms with Gasteiger partial charge in [-0.1, -0.05) is 18.2 Å². The Balaban J connectivity index is 1.59. The minimum Gasteiger partial charge on any atom is -0.373 e. The summed E-state index contributed by atoms with van der Waals surface area (Å²) in [5.74, 6) is 0.0277. The van der Waals surface area contributed by atoms with Crippen molar-refractivity contribution in [3.05, 3.63) is 42.5 Å². The van der Waals surface area contributed by atoms with Crippen LogP contribution in [0.15, 0.2) is 42.5 Å². The molecule has 3 aromatic rings. The Morgan fingerprint density at radius 1 is 1.11 bits per heavy atom. The summed E-state index contributed by atoms with van der Waals surface area (Å²) in [4.78, 5) is 15.1. The second kappa shape index (κ2) is 7.57. The lowest BCUT2D eigenvalue weighted by Crippen LogP contribution is -2.52. The number of carbonyl (C=O) groups is 1. The molecule has 1 aliphatic rings. The van der Waals surface area contributed by atoms with Crippen molar-refractivity contribution >= 4 is 33.4 Å². The first-order chi connectivity index (χ1) is 13.5. The number of nitrogens with zero attached hydrogens (tertiary/aromatic N) is 2. The molecule has 0 unspecified atom stereocenters. The number of nitrogens with one attached hydrogen (secondary N) is 1. The molecule has 1 fully saturated rings. The predicted octanol–water partition coefficient (Wildman–Crippen LogP) is 4.25. The van der Waals surface area contributed by atoms with E-state index < -0.39 is 0 Å². The molecule has 1 N–H and O–H groups in total. The van der Waals surface area contributed by atoms with E-state index in [2.05, 4.69) is 72.0 Å². The van der Waals surface area contributed by atoms with Crippen LogP contribution in [0.5, 0.6) is 0 Å². The molecule has 1 amide bonds. The molecule has 1 aromatic heterocycles. The molecule has 3 atom stereocenters. The molecule has 148 valence electrons. The monoisotopic (exact) mass is 379 g/mol. The molecule has 5 heteroatoms. The van der Waals surface area contributed by atoms with Gasteiger partial charge in [-0.2, -0.15) is 0 Å². The van der Waals surface area contributed by atoms with E-state index in [1.54, 1.807) is 0 Å². The van der Waals surface area contributed by atoms with Gasteiger partial charge in [0.2, 0.25) is 5.91 Å². The highest BCUT2D eigenvalue weighted by Crippen LogP contribution is 2.31. The van der Waals surface area contributed by atoms with Gasteiger partial charge >= 0.3 is 0 Å². The minimum atomic E-state index is -0.193. The highest BCUT2D eigenvalue weighted by atomic mass is 16.5. The van der Waals surface area contributed by atoms with Crippen LogP contribution in [0, 0.1) is 0 Å². The molecule has 28 heavy (non-hydrogen) atoms. The third kappa shape index (κ3) is 3.40. The second-order valence-electron chi connectivity index (χ2n) is 7.87. The number of benzene rings is 2. The van der Waals surface area contributed by atoms with Crippen molar-refractivity contribution in [3.63, 3.8) is 0 Å². The first-order valence-corrected chi connectivity index (χ1v) is 10.2. The number of amides is 1. The molecule has 2 heterocycles. The number of carbonyl (C=O) groups excluding carboxylic acids is 1. The third-order valence-corrected chi connectivity index (χ3v) is 5.73. The summed E-state index contributed by atoms with van der Waals surface area (Å²) in [6, 6.07) is 14.5. The molecule has 0 aliphatic carbocycles. The van der Waals surface area contributed by atoms with Gasteiger partial charge in [-0.25, -0.2) is 0 Å². The molecule has 0 saturated carbocycles. The molecule has 0 radical (unpaired) electrons. The average molecular weight is 380 g/mol. The number of hydrogen-bond acceptors (Lipinski definition) is 3. The normalized spacial score (nSPS) is 21.9. The van der Waals surface area contributed by atoms with Crippen LogP contribution in [0.25, 0.3) is 21.8 Å². The van der Waals surface area contributed by atoms with Crippen LogP contribution < -0.4 is 5.32 Å². The van der Waals surface area contributed by atoms with Gasteiger partial charge in [-0.05, 0) is 52.0 Å². The first kappa shape index (κ1) is 19.0. The SMILES string of the molecule is CCn1c2ccccc2c2cc(NC(=O)[C@@H](C)N3C[C@@H](C)O[C@H](C)C3)ccc21. The largest absolute Gasteiger partial charge is 0.373 e. The van der Waals surface area contributed by atoms with E-state index in [9.17, 15) is 4.79 Å². The van der Waals surface area contributed by atoms with E-state index in [1.165, 1.54) is 21.8 Å². The van der Waals surface area contributed by atoms with Crippen LogP contribution >= 0.6 is 0 Å². The lowest BCUT2D eigenvalue weighted by Gasteiger charge is -2.38. The molecule has 0 bridgehead atoms. The van der Waals surface area contributed by atoms with Gasteiger partial charge in [0, 0.05) is 47.1 Å². The van der Waals surface area contributed by atoms with Crippen molar-refractivity contribution in [1.29, 1.82) is 0 Å². The van der Waals surface area contributed by atoms with E-state index in [0.717, 1.165) is 25.3 Å². The lowest BCUT2D eigenvalue weighted by molar-refractivity contribution is -0.126. The number of morpholine rings is 1. The van der Waals surface area contributed by atoms with Crippen LogP contribution in [0.2, 0.25) is 0 Å². The standard InChI is InChI=1S/C23H29N3O2/c1-5-26-21-9-7-6-8-19(21)20-12-18(10-11-22(20)26)24-23(27)17(4)25-13-15(2)28-16(3)14-25/h6-12,15-17H,5,13-14H2,1-4H3,(H,24,27)/t15-,16-,17-/m1/s1. The minimum absolute atomic E-state index is 0.0277. The maximum Gasteiger partial charge on any atom is 0.241 e. The van der Waals surface area contributed by atoms with E-state index in [4.69, 9.17) is 4.74 Å². The second-order valence-corrected chi connectivity index (χ2v) is 7.87. The summed E-state index contributed by atoms with van der Waals surface area (Å²) < 4.78 is 8.11. The van der Waals surface area contributed by atoms with Gasteiger partial charge < -0.3 is 14.6 Å². The summed E-state index contributed by atoms with van der Waals surface area (Å²) in [6.07, 6.45) is 0.297. The van der Waals surface area contributed by atoms with Gasteiger partial charge in [0.05, 0.1) is 18.2 Å². The van der Waals surface area contributed by atoms with Crippen molar-refractivity contribution < 1.29 is 9.53 Å². The quantitative estimate of drug-likeness (QED) is 0.737. The van der Waals surface area contributed by atoms with Crippen LogP contribution in [0.4, 0.5) is 5.69 Å². The lowest BCUT2D eigenvalue weighted by atomic mass is 10.1. The van der Waals surface area contributed by atoms with E-state index in [0.29, 0.717) is 0 Å². The number of para-hydroxylation sites is 1. The zero-order valence-electron chi connectivity index (χ0n) is 17.1. The number of rotatable bonds is 4. The Labute approximate surface area is 166 Å². The fourth-order valence-corrected chi connectivity index (χ4v) is 4.42. The Hall–Kier alpha value is -2.37. The Morgan fingerprint density at radius 2 is 1.79 bits per heavy atom. The predicted molar refractivity (Wildman–Crippen MR) is 115 cm³/mol. The maximum atomic E-state index is 12.9. The van der Waals surface area contributed by atoms with Crippen LogP contribution in [0.1, 0.15) is 27.7 Å². The van der Waals surface area contributed by atoms with E-state index in [-0.39, 0.29) is 24.2 Å². The number of aromatic nitrogens is 1. The maximum absolute atomic E-state index is 12.9. The number of hydrogen-bond donors (Lipinski definition) is 1. The average Bonchev–Trinajstić information content (AvgIpc) is 2.99. The third-order valence-electron chi connectivity index (χ3n) is 5.73. The molecular weight excluding hydrogens is 350 g/mol. The Morgan fingerprint density at radius 3 is 2.50 bits per heavy atom. The van der Waals surface area contributed by atoms with Gasteiger partial charge in [-0.15, -0.1) is 0 Å². The number of anilines is 1. The van der Waals surface area contributed by atoms with Crippen LogP contribution in [0.3, 0.4) is 0 Å². The van der Waals surface area contributed by atoms with Crippen molar-refractivity contribution in [2.24, 2.45) is 0 Å². The highest BCUT2D eigenvalue weighted by Gasteiger charge is 2.29. The van der Waals surface area contributed by atoms with Crippen molar-refractivity contribution in [1.82, 2.24) is 9.47 Å².